The number of hydrogen-bond acceptors (Lipinski definition) is 9. The number of sulfonamides is 1. The lowest BCUT2D eigenvalue weighted by atomic mass is 9.95. The molecule has 256 valence electrons. The van der Waals surface area contributed by atoms with Crippen molar-refractivity contribution in [3.05, 3.63) is 69.9 Å². The van der Waals surface area contributed by atoms with Gasteiger partial charge in [-0.3, -0.25) is 18.7 Å². The van der Waals surface area contributed by atoms with E-state index in [1.165, 1.54) is 18.3 Å². The second-order valence-corrected chi connectivity index (χ2v) is 13.8. The van der Waals surface area contributed by atoms with Gasteiger partial charge in [0.1, 0.15) is 0 Å². The van der Waals surface area contributed by atoms with Crippen molar-refractivity contribution in [2.75, 3.05) is 55.1 Å². The standard InChI is InChI=1S/C35H42N4O8S/c1-22(40)37-28-15-9-23-20-31(45-2)34(46-3)35(47-4)33(23)26-14-16-29(30(41)21-27(26)28)36-17-7-8-32(42)38-24-10-12-25(13-11-24)39-18-5-6-19-48(39,43)44/h10-14,16,20-21,28H,5-9,15,17-19H2,1-4H3,(H,36,41)(H,37,40)(H,38,42)/t28-/m0/s1. The van der Waals surface area contributed by atoms with Crippen molar-refractivity contribution >= 4 is 38.9 Å². The molecule has 1 aliphatic heterocycles. The summed E-state index contributed by atoms with van der Waals surface area (Å²) in [5.74, 6) is 1.16. The molecular formula is C35H42N4O8S. The van der Waals surface area contributed by atoms with E-state index >= 15 is 0 Å². The Kier molecular flexibility index (Phi) is 10.8. The number of carbonyl (C=O) groups excluding carboxylic acids is 2. The van der Waals surface area contributed by atoms with Crippen LogP contribution in [-0.4, -0.2) is 60.4 Å². The first-order chi connectivity index (χ1) is 23.1. The fourth-order valence-electron chi connectivity index (χ4n) is 6.34. The van der Waals surface area contributed by atoms with E-state index in [1.54, 1.807) is 50.6 Å². The summed E-state index contributed by atoms with van der Waals surface area (Å²) in [6.45, 7) is 2.27. The normalized spacial score (nSPS) is 16.4. The summed E-state index contributed by atoms with van der Waals surface area (Å²) in [4.78, 5) is 38.4. The highest BCUT2D eigenvalue weighted by molar-refractivity contribution is 7.92. The van der Waals surface area contributed by atoms with Gasteiger partial charge in [-0.25, -0.2) is 8.42 Å². The number of benzene rings is 2. The van der Waals surface area contributed by atoms with Crippen LogP contribution in [0.15, 0.2) is 53.3 Å². The van der Waals surface area contributed by atoms with E-state index in [0.29, 0.717) is 78.6 Å². The van der Waals surface area contributed by atoms with Gasteiger partial charge < -0.3 is 30.2 Å². The molecule has 1 atom stereocenters. The molecule has 0 unspecified atom stereocenters. The van der Waals surface area contributed by atoms with Crippen molar-refractivity contribution in [3.63, 3.8) is 0 Å². The molecule has 3 aromatic carbocycles. The largest absolute Gasteiger partial charge is 0.493 e. The van der Waals surface area contributed by atoms with Crippen molar-refractivity contribution in [2.24, 2.45) is 0 Å². The molecule has 12 nitrogen and oxygen atoms in total. The van der Waals surface area contributed by atoms with E-state index in [4.69, 9.17) is 14.2 Å². The Morgan fingerprint density at radius 3 is 2.38 bits per heavy atom. The topological polar surface area (TPSA) is 152 Å². The molecule has 1 saturated heterocycles. The number of methoxy groups -OCH3 is 3. The quantitative estimate of drug-likeness (QED) is 0.247. The van der Waals surface area contributed by atoms with Crippen molar-refractivity contribution in [1.29, 1.82) is 0 Å². The summed E-state index contributed by atoms with van der Waals surface area (Å²) >= 11 is 0. The zero-order valence-electron chi connectivity index (χ0n) is 27.7. The van der Waals surface area contributed by atoms with E-state index in [9.17, 15) is 22.8 Å². The lowest BCUT2D eigenvalue weighted by molar-refractivity contribution is -0.119. The van der Waals surface area contributed by atoms with Crippen LogP contribution in [0.1, 0.15) is 56.2 Å². The number of nitrogens with zero attached hydrogens (tertiary/aromatic N) is 1. The molecule has 0 radical (unpaired) electrons. The average Bonchev–Trinajstić information content (AvgIpc) is 3.30. The molecule has 0 saturated carbocycles. The summed E-state index contributed by atoms with van der Waals surface area (Å²) in [6.07, 6.45) is 3.29. The minimum Gasteiger partial charge on any atom is -0.493 e. The first kappa shape index (κ1) is 34.6. The molecule has 1 aliphatic carbocycles. The Morgan fingerprint density at radius 2 is 1.71 bits per heavy atom. The average molecular weight is 679 g/mol. The molecule has 5 rings (SSSR count). The van der Waals surface area contributed by atoms with E-state index in [0.717, 1.165) is 23.1 Å². The third-order valence-electron chi connectivity index (χ3n) is 8.60. The molecular weight excluding hydrogens is 636 g/mol. The number of aryl methyl sites for hydroxylation is 1. The molecule has 0 bridgehead atoms. The Bertz CT molecular complexity index is 1850. The molecule has 3 N–H and O–H groups in total. The Labute approximate surface area is 280 Å². The van der Waals surface area contributed by atoms with Crippen molar-refractivity contribution in [1.82, 2.24) is 5.32 Å². The van der Waals surface area contributed by atoms with E-state index in [-0.39, 0.29) is 29.4 Å². The van der Waals surface area contributed by atoms with Crippen LogP contribution in [0.4, 0.5) is 17.1 Å². The molecule has 1 fully saturated rings. The van der Waals surface area contributed by atoms with Crippen LogP contribution < -0.4 is 39.9 Å². The van der Waals surface area contributed by atoms with Gasteiger partial charge >= 0.3 is 0 Å². The fourth-order valence-corrected chi connectivity index (χ4v) is 7.98. The van der Waals surface area contributed by atoms with Gasteiger partial charge in [-0.05, 0) is 91.3 Å². The van der Waals surface area contributed by atoms with Crippen LogP contribution in [0.5, 0.6) is 17.2 Å². The lowest BCUT2D eigenvalue weighted by Crippen LogP contribution is -2.37. The van der Waals surface area contributed by atoms with E-state index in [1.807, 2.05) is 12.1 Å². The van der Waals surface area contributed by atoms with Crippen LogP contribution >= 0.6 is 0 Å². The van der Waals surface area contributed by atoms with Crippen LogP contribution in [0.3, 0.4) is 0 Å². The van der Waals surface area contributed by atoms with Gasteiger partial charge in [-0.2, -0.15) is 0 Å². The predicted molar refractivity (Wildman–Crippen MR) is 186 cm³/mol. The Balaban J connectivity index is 1.30. The number of rotatable bonds is 11. The van der Waals surface area contributed by atoms with Gasteiger partial charge in [0.15, 0.2) is 11.5 Å². The summed E-state index contributed by atoms with van der Waals surface area (Å²) in [5, 5.41) is 9.02. The monoisotopic (exact) mass is 678 g/mol. The van der Waals surface area contributed by atoms with Crippen molar-refractivity contribution < 1.29 is 32.2 Å². The Morgan fingerprint density at radius 1 is 0.958 bits per heavy atom. The lowest BCUT2D eigenvalue weighted by Gasteiger charge is -2.28. The molecule has 48 heavy (non-hydrogen) atoms. The van der Waals surface area contributed by atoms with Gasteiger partial charge in [0, 0.05) is 37.7 Å². The van der Waals surface area contributed by atoms with E-state index in [2.05, 4.69) is 16.0 Å². The summed E-state index contributed by atoms with van der Waals surface area (Å²) in [7, 11) is 1.34. The van der Waals surface area contributed by atoms with Gasteiger partial charge in [-0.15, -0.1) is 0 Å². The zero-order chi connectivity index (χ0) is 34.4. The highest BCUT2D eigenvalue weighted by Crippen LogP contribution is 2.50. The number of fused-ring (bicyclic) bond motifs is 3. The number of hydrogen-bond donors (Lipinski definition) is 3. The Hall–Kier alpha value is -4.78. The number of amides is 2. The van der Waals surface area contributed by atoms with Crippen LogP contribution in [0.2, 0.25) is 0 Å². The number of ether oxygens (including phenoxy) is 3. The molecule has 2 amide bonds. The zero-order valence-corrected chi connectivity index (χ0v) is 28.5. The summed E-state index contributed by atoms with van der Waals surface area (Å²) < 4.78 is 43.3. The van der Waals surface area contributed by atoms with Crippen LogP contribution in [-0.2, 0) is 26.0 Å². The van der Waals surface area contributed by atoms with Gasteiger partial charge in [0.25, 0.3) is 0 Å². The van der Waals surface area contributed by atoms with Gasteiger partial charge in [-0.1, -0.05) is 6.07 Å². The van der Waals surface area contributed by atoms with Crippen molar-refractivity contribution in [2.45, 2.75) is 51.5 Å². The minimum atomic E-state index is -3.31. The first-order valence-corrected chi connectivity index (χ1v) is 17.6. The van der Waals surface area contributed by atoms with Crippen molar-refractivity contribution in [3.8, 4) is 28.4 Å². The SMILES string of the molecule is COc1cc2c(c(OC)c1OC)-c1ccc(NCCCC(=O)Nc3ccc(N4CCCCS4(=O)=O)cc3)c(=O)cc1[C@@H](NC(C)=O)CC2. The third kappa shape index (κ3) is 7.51. The summed E-state index contributed by atoms with van der Waals surface area (Å²) in [6, 6.07) is 13.4. The van der Waals surface area contributed by atoms with Crippen LogP contribution in [0.25, 0.3) is 11.1 Å². The molecule has 0 aromatic heterocycles. The molecule has 1 heterocycles. The smallest absolute Gasteiger partial charge is 0.235 e. The maximum atomic E-state index is 13.5. The fraction of sp³-hybridized carbons (Fsp3) is 0.400. The molecule has 3 aromatic rings. The number of anilines is 3. The maximum Gasteiger partial charge on any atom is 0.235 e. The second kappa shape index (κ2) is 15.0. The first-order valence-electron chi connectivity index (χ1n) is 16.0. The second-order valence-electron chi connectivity index (χ2n) is 11.8. The number of nitrogens with one attached hydrogen (secondary N) is 3. The maximum absolute atomic E-state index is 13.5. The molecule has 13 heteroatoms. The molecule has 0 spiro atoms. The van der Waals surface area contributed by atoms with Crippen LogP contribution in [0, 0.1) is 0 Å². The third-order valence-corrected chi connectivity index (χ3v) is 10.5. The highest BCUT2D eigenvalue weighted by atomic mass is 32.2. The number of carbonyl (C=O) groups is 2. The molecule has 2 aliphatic rings. The predicted octanol–water partition coefficient (Wildman–Crippen LogP) is 4.62. The minimum absolute atomic E-state index is 0.141. The summed E-state index contributed by atoms with van der Waals surface area (Å²) in [5.41, 5.74) is 4.35. The van der Waals surface area contributed by atoms with Gasteiger partial charge in [0.2, 0.25) is 33.0 Å². The van der Waals surface area contributed by atoms with Gasteiger partial charge in [0.05, 0.1) is 44.5 Å². The van der Waals surface area contributed by atoms with E-state index < -0.39 is 16.1 Å². The highest BCUT2D eigenvalue weighted by Gasteiger charge is 2.30.